The van der Waals surface area contributed by atoms with E-state index >= 15 is 0 Å². The van der Waals surface area contributed by atoms with E-state index in [4.69, 9.17) is 4.74 Å². The first-order valence-electron chi connectivity index (χ1n) is 7.25. The molecule has 0 unspecified atom stereocenters. The van der Waals surface area contributed by atoms with Crippen molar-refractivity contribution in [3.63, 3.8) is 0 Å². The van der Waals surface area contributed by atoms with E-state index in [0.717, 1.165) is 28.6 Å². The average Bonchev–Trinajstić information content (AvgIpc) is 3.03. The van der Waals surface area contributed by atoms with Gasteiger partial charge >= 0.3 is 0 Å². The maximum Gasteiger partial charge on any atom is 0.253 e. The first-order valence-corrected chi connectivity index (χ1v) is 7.25. The van der Waals surface area contributed by atoms with Gasteiger partial charge in [-0.05, 0) is 36.2 Å². The molecule has 0 fully saturated rings. The number of carbonyl (C=O) groups is 1. The summed E-state index contributed by atoms with van der Waals surface area (Å²) in [6.45, 7) is 0.586. The van der Waals surface area contributed by atoms with Gasteiger partial charge in [-0.25, -0.2) is 0 Å². The van der Waals surface area contributed by atoms with Crippen LogP contribution in [0.1, 0.15) is 15.9 Å². The lowest BCUT2D eigenvalue weighted by Crippen LogP contribution is -2.25. The molecule has 0 radical (unpaired) electrons. The Labute approximate surface area is 129 Å². The summed E-state index contributed by atoms with van der Waals surface area (Å²) in [7, 11) is 1.65. The number of H-pyrrole nitrogens is 1. The number of methoxy groups -OCH3 is 1. The molecule has 0 spiro atoms. The summed E-state index contributed by atoms with van der Waals surface area (Å²) in [5.74, 6) is 0.774. The van der Waals surface area contributed by atoms with E-state index in [2.05, 4.69) is 10.3 Å². The van der Waals surface area contributed by atoms with Crippen LogP contribution in [0.15, 0.2) is 54.7 Å². The van der Waals surface area contributed by atoms with Gasteiger partial charge in [-0.2, -0.15) is 0 Å². The molecule has 2 aromatic carbocycles. The fourth-order valence-electron chi connectivity index (χ4n) is 2.52. The van der Waals surface area contributed by atoms with Crippen molar-refractivity contribution in [1.29, 1.82) is 0 Å². The lowest BCUT2D eigenvalue weighted by atomic mass is 10.1. The van der Waals surface area contributed by atoms with Crippen molar-refractivity contribution in [2.45, 2.75) is 6.42 Å². The smallest absolute Gasteiger partial charge is 0.253 e. The highest BCUT2D eigenvalue weighted by molar-refractivity contribution is 6.05. The number of hydrogen-bond acceptors (Lipinski definition) is 2. The summed E-state index contributed by atoms with van der Waals surface area (Å²) < 4.78 is 5.20. The summed E-state index contributed by atoms with van der Waals surface area (Å²) in [6, 6.07) is 15.6. The van der Waals surface area contributed by atoms with Crippen LogP contribution in [0.2, 0.25) is 0 Å². The third kappa shape index (κ3) is 2.96. The Bertz CT molecular complexity index is 792. The van der Waals surface area contributed by atoms with E-state index in [-0.39, 0.29) is 5.91 Å². The van der Waals surface area contributed by atoms with Gasteiger partial charge in [0.15, 0.2) is 0 Å². The Morgan fingerprint density at radius 3 is 2.91 bits per heavy atom. The molecule has 0 aliphatic carbocycles. The van der Waals surface area contributed by atoms with Crippen LogP contribution >= 0.6 is 0 Å². The number of aromatic nitrogens is 1. The van der Waals surface area contributed by atoms with Gasteiger partial charge in [-0.3, -0.25) is 4.79 Å². The minimum absolute atomic E-state index is 0.0593. The van der Waals surface area contributed by atoms with Gasteiger partial charge in [-0.1, -0.05) is 24.3 Å². The molecule has 0 bridgehead atoms. The van der Waals surface area contributed by atoms with Crippen molar-refractivity contribution in [2.75, 3.05) is 13.7 Å². The molecule has 4 nitrogen and oxygen atoms in total. The molecule has 0 aliphatic heterocycles. The number of hydrogen-bond donors (Lipinski definition) is 2. The van der Waals surface area contributed by atoms with E-state index in [0.29, 0.717) is 12.1 Å². The molecule has 0 saturated heterocycles. The average molecular weight is 294 g/mol. The van der Waals surface area contributed by atoms with E-state index in [9.17, 15) is 4.79 Å². The number of rotatable bonds is 5. The summed E-state index contributed by atoms with van der Waals surface area (Å²) >= 11 is 0. The fourth-order valence-corrected chi connectivity index (χ4v) is 2.52. The van der Waals surface area contributed by atoms with Crippen LogP contribution in [0.5, 0.6) is 5.75 Å². The highest BCUT2D eigenvalue weighted by atomic mass is 16.5. The van der Waals surface area contributed by atoms with Gasteiger partial charge in [0.05, 0.1) is 18.2 Å². The quantitative estimate of drug-likeness (QED) is 0.759. The number of aromatic amines is 1. The standard InChI is InChI=1S/C18H18N2O2/c1-22-15-6-2-4-13(12-15)8-10-20-18(21)16-7-3-5-14-9-11-19-17(14)16/h2-7,9,11-12,19H,8,10H2,1H3,(H,20,21). The molecule has 3 aromatic rings. The number of benzene rings is 2. The second kappa shape index (κ2) is 6.35. The van der Waals surface area contributed by atoms with Crippen molar-refractivity contribution in [2.24, 2.45) is 0 Å². The van der Waals surface area contributed by atoms with Gasteiger partial charge in [0.1, 0.15) is 5.75 Å². The first kappa shape index (κ1) is 14.2. The van der Waals surface area contributed by atoms with E-state index in [1.807, 2.05) is 54.7 Å². The predicted octanol–water partition coefficient (Wildman–Crippen LogP) is 3.15. The van der Waals surface area contributed by atoms with Crippen molar-refractivity contribution < 1.29 is 9.53 Å². The van der Waals surface area contributed by atoms with Crippen LogP contribution in [-0.2, 0) is 6.42 Å². The molecular weight excluding hydrogens is 276 g/mol. The molecule has 0 saturated carbocycles. The number of para-hydroxylation sites is 1. The van der Waals surface area contributed by atoms with Gasteiger partial charge < -0.3 is 15.0 Å². The largest absolute Gasteiger partial charge is 0.497 e. The Morgan fingerprint density at radius 2 is 2.05 bits per heavy atom. The highest BCUT2D eigenvalue weighted by Crippen LogP contribution is 2.17. The zero-order chi connectivity index (χ0) is 15.4. The Balaban J connectivity index is 1.64. The Hall–Kier alpha value is -2.75. The topological polar surface area (TPSA) is 54.1 Å². The molecule has 2 N–H and O–H groups in total. The van der Waals surface area contributed by atoms with Crippen molar-refractivity contribution >= 4 is 16.8 Å². The number of nitrogens with one attached hydrogen (secondary N) is 2. The van der Waals surface area contributed by atoms with Gasteiger partial charge in [0.2, 0.25) is 0 Å². The SMILES string of the molecule is COc1cccc(CCNC(=O)c2cccc3cc[nH]c23)c1. The minimum atomic E-state index is -0.0593. The maximum absolute atomic E-state index is 12.3. The Kier molecular flexibility index (Phi) is 4.10. The number of ether oxygens (including phenoxy) is 1. The lowest BCUT2D eigenvalue weighted by molar-refractivity contribution is 0.0955. The van der Waals surface area contributed by atoms with Gasteiger partial charge in [-0.15, -0.1) is 0 Å². The van der Waals surface area contributed by atoms with Crippen LogP contribution in [0.4, 0.5) is 0 Å². The third-order valence-electron chi connectivity index (χ3n) is 3.67. The molecule has 1 heterocycles. The molecule has 0 atom stereocenters. The van der Waals surface area contributed by atoms with Gasteiger partial charge in [0.25, 0.3) is 5.91 Å². The van der Waals surface area contributed by atoms with Crippen LogP contribution < -0.4 is 10.1 Å². The number of fused-ring (bicyclic) bond motifs is 1. The molecule has 4 heteroatoms. The summed E-state index contributed by atoms with van der Waals surface area (Å²) in [6.07, 6.45) is 2.61. The van der Waals surface area contributed by atoms with Crippen LogP contribution in [-0.4, -0.2) is 24.5 Å². The predicted molar refractivity (Wildman–Crippen MR) is 87.3 cm³/mol. The normalized spacial score (nSPS) is 10.6. The summed E-state index contributed by atoms with van der Waals surface area (Å²) in [5, 5.41) is 4.01. The van der Waals surface area contributed by atoms with Crippen LogP contribution in [0.25, 0.3) is 10.9 Å². The van der Waals surface area contributed by atoms with E-state index in [1.165, 1.54) is 0 Å². The van der Waals surface area contributed by atoms with Crippen molar-refractivity contribution in [1.82, 2.24) is 10.3 Å². The molecule has 1 amide bonds. The second-order valence-electron chi connectivity index (χ2n) is 5.10. The molecule has 1 aromatic heterocycles. The zero-order valence-corrected chi connectivity index (χ0v) is 12.4. The monoisotopic (exact) mass is 294 g/mol. The molecular formula is C18H18N2O2. The lowest BCUT2D eigenvalue weighted by Gasteiger charge is -2.07. The van der Waals surface area contributed by atoms with E-state index in [1.54, 1.807) is 7.11 Å². The fraction of sp³-hybridized carbons (Fsp3) is 0.167. The number of carbonyl (C=O) groups excluding carboxylic acids is 1. The first-order chi connectivity index (χ1) is 10.8. The Morgan fingerprint density at radius 1 is 1.18 bits per heavy atom. The summed E-state index contributed by atoms with van der Waals surface area (Å²) in [5.41, 5.74) is 2.69. The molecule has 22 heavy (non-hydrogen) atoms. The second-order valence-corrected chi connectivity index (χ2v) is 5.10. The molecule has 3 rings (SSSR count). The molecule has 0 aliphatic rings. The van der Waals surface area contributed by atoms with Crippen LogP contribution in [0.3, 0.4) is 0 Å². The van der Waals surface area contributed by atoms with Crippen LogP contribution in [0, 0.1) is 0 Å². The van der Waals surface area contributed by atoms with Gasteiger partial charge in [0, 0.05) is 18.1 Å². The van der Waals surface area contributed by atoms with Crippen molar-refractivity contribution in [3.8, 4) is 5.75 Å². The third-order valence-corrected chi connectivity index (χ3v) is 3.67. The number of amides is 1. The molecule has 112 valence electrons. The highest BCUT2D eigenvalue weighted by Gasteiger charge is 2.09. The van der Waals surface area contributed by atoms with E-state index < -0.39 is 0 Å². The summed E-state index contributed by atoms with van der Waals surface area (Å²) in [4.78, 5) is 15.4. The minimum Gasteiger partial charge on any atom is -0.497 e. The van der Waals surface area contributed by atoms with Crippen molar-refractivity contribution in [3.05, 3.63) is 65.9 Å². The maximum atomic E-state index is 12.3. The zero-order valence-electron chi connectivity index (χ0n) is 12.4.